The largest absolute Gasteiger partial charge is 0.460 e. The van der Waals surface area contributed by atoms with Crippen LogP contribution in [0.15, 0.2) is 22.7 Å². The molecule has 5 nitrogen and oxygen atoms in total. The van der Waals surface area contributed by atoms with E-state index in [4.69, 9.17) is 4.42 Å². The Morgan fingerprint density at radius 2 is 2.33 bits per heavy atom. The average molecular weight is 285 g/mol. The molecule has 2 saturated heterocycles. The third-order valence-corrected chi connectivity index (χ3v) is 4.56. The molecule has 0 spiro atoms. The van der Waals surface area contributed by atoms with E-state index in [0.717, 1.165) is 35.6 Å². The second-order valence-corrected chi connectivity index (χ2v) is 6.28. The molecule has 2 aliphatic heterocycles. The molecule has 2 aliphatic rings. The Labute approximate surface area is 123 Å². The smallest absolute Gasteiger partial charge is 0.270 e. The second kappa shape index (κ2) is 4.84. The van der Waals surface area contributed by atoms with Crippen molar-refractivity contribution in [3.8, 4) is 0 Å². The van der Waals surface area contributed by atoms with E-state index in [9.17, 15) is 4.79 Å². The standard InChI is InChI=1S/C16H19N3O2/c1-10-4-12-6-14(17-7-15(12)21-10)16(20)18-13-5-11-2-3-19(8-11)9-13/h4,6-7,11,13H,2-3,5,8-9H2,1H3,(H,18,20). The number of aromatic nitrogens is 1. The fraction of sp³-hybridized carbons (Fsp3) is 0.500. The van der Waals surface area contributed by atoms with Crippen LogP contribution in [0.1, 0.15) is 29.1 Å². The molecule has 0 aromatic carbocycles. The van der Waals surface area contributed by atoms with Gasteiger partial charge in [0.1, 0.15) is 11.5 Å². The van der Waals surface area contributed by atoms with Crippen molar-refractivity contribution in [2.45, 2.75) is 25.8 Å². The maximum Gasteiger partial charge on any atom is 0.270 e. The van der Waals surface area contributed by atoms with Crippen molar-refractivity contribution in [3.63, 3.8) is 0 Å². The molecule has 2 bridgehead atoms. The first kappa shape index (κ1) is 12.8. The first-order chi connectivity index (χ1) is 10.2. The van der Waals surface area contributed by atoms with Gasteiger partial charge >= 0.3 is 0 Å². The van der Waals surface area contributed by atoms with Crippen LogP contribution in [0.3, 0.4) is 0 Å². The van der Waals surface area contributed by atoms with Crippen molar-refractivity contribution in [1.82, 2.24) is 15.2 Å². The maximum absolute atomic E-state index is 12.4. The number of hydrogen-bond acceptors (Lipinski definition) is 4. The van der Waals surface area contributed by atoms with Crippen LogP contribution in [0.5, 0.6) is 0 Å². The minimum atomic E-state index is -0.0803. The van der Waals surface area contributed by atoms with Crippen LogP contribution in [0, 0.1) is 12.8 Å². The zero-order valence-corrected chi connectivity index (χ0v) is 12.1. The molecule has 3 atom stereocenters. The molecule has 21 heavy (non-hydrogen) atoms. The summed E-state index contributed by atoms with van der Waals surface area (Å²) in [7, 11) is 0. The lowest BCUT2D eigenvalue weighted by atomic mass is 9.97. The third kappa shape index (κ3) is 2.42. The number of nitrogens with zero attached hydrogens (tertiary/aromatic N) is 2. The second-order valence-electron chi connectivity index (χ2n) is 6.28. The molecule has 1 N–H and O–H groups in total. The molecule has 1 amide bonds. The predicted molar refractivity (Wildman–Crippen MR) is 79.2 cm³/mol. The number of furan rings is 1. The minimum absolute atomic E-state index is 0.0803. The van der Waals surface area contributed by atoms with E-state index in [1.54, 1.807) is 12.3 Å². The highest BCUT2D eigenvalue weighted by Gasteiger charge is 2.33. The van der Waals surface area contributed by atoms with Gasteiger partial charge in [0.25, 0.3) is 5.91 Å². The number of piperidine rings is 1. The number of nitrogens with one attached hydrogen (secondary N) is 1. The van der Waals surface area contributed by atoms with E-state index in [-0.39, 0.29) is 11.9 Å². The Bertz CT molecular complexity index is 682. The van der Waals surface area contributed by atoms with Crippen LogP contribution in [-0.4, -0.2) is 41.5 Å². The molecule has 0 radical (unpaired) electrons. The molecule has 4 heterocycles. The summed E-state index contributed by atoms with van der Waals surface area (Å²) in [6.45, 7) is 5.24. The lowest BCUT2D eigenvalue weighted by molar-refractivity contribution is 0.0904. The van der Waals surface area contributed by atoms with Gasteiger partial charge in [-0.25, -0.2) is 4.98 Å². The zero-order valence-electron chi connectivity index (χ0n) is 12.1. The number of rotatable bonds is 2. The first-order valence-electron chi connectivity index (χ1n) is 7.57. The van der Waals surface area contributed by atoms with Crippen molar-refractivity contribution in [3.05, 3.63) is 29.8 Å². The third-order valence-electron chi connectivity index (χ3n) is 4.56. The fourth-order valence-electron chi connectivity index (χ4n) is 3.63. The van der Waals surface area contributed by atoms with E-state index in [2.05, 4.69) is 15.2 Å². The highest BCUT2D eigenvalue weighted by atomic mass is 16.3. The van der Waals surface area contributed by atoms with Crippen LogP contribution >= 0.6 is 0 Å². The van der Waals surface area contributed by atoms with Gasteiger partial charge in [-0.3, -0.25) is 4.79 Å². The molecule has 2 fully saturated rings. The summed E-state index contributed by atoms with van der Waals surface area (Å²) in [5, 5.41) is 4.06. The molecule has 2 aromatic rings. The minimum Gasteiger partial charge on any atom is -0.460 e. The van der Waals surface area contributed by atoms with Gasteiger partial charge in [0.2, 0.25) is 0 Å². The molecule has 5 heteroatoms. The Morgan fingerprint density at radius 3 is 3.19 bits per heavy atom. The number of fused-ring (bicyclic) bond motifs is 3. The lowest BCUT2D eigenvalue weighted by Crippen LogP contribution is -2.47. The number of carbonyl (C=O) groups is 1. The van der Waals surface area contributed by atoms with E-state index in [0.29, 0.717) is 5.69 Å². The summed E-state index contributed by atoms with van der Waals surface area (Å²) in [6.07, 6.45) is 3.99. The monoisotopic (exact) mass is 285 g/mol. The number of hydrogen-bond donors (Lipinski definition) is 1. The molecule has 0 aliphatic carbocycles. The van der Waals surface area contributed by atoms with Gasteiger partial charge in [0.05, 0.1) is 6.20 Å². The SMILES string of the molecule is Cc1cc2cc(C(=O)NC3CC4CCN(C4)C3)ncc2o1. The summed E-state index contributed by atoms with van der Waals surface area (Å²) in [6, 6.07) is 3.99. The van der Waals surface area contributed by atoms with Crippen molar-refractivity contribution in [1.29, 1.82) is 0 Å². The topological polar surface area (TPSA) is 58.4 Å². The van der Waals surface area contributed by atoms with E-state index < -0.39 is 0 Å². The van der Waals surface area contributed by atoms with E-state index >= 15 is 0 Å². The molecule has 110 valence electrons. The molecular formula is C16H19N3O2. The Morgan fingerprint density at radius 1 is 1.43 bits per heavy atom. The Balaban J connectivity index is 1.50. The molecule has 4 rings (SSSR count). The van der Waals surface area contributed by atoms with Gasteiger partial charge in [-0.15, -0.1) is 0 Å². The summed E-state index contributed by atoms with van der Waals surface area (Å²) in [5.41, 5.74) is 1.20. The lowest BCUT2D eigenvalue weighted by Gasteiger charge is -2.30. The normalized spacial score (nSPS) is 28.0. The first-order valence-corrected chi connectivity index (χ1v) is 7.57. The van der Waals surface area contributed by atoms with Gasteiger partial charge in [-0.05, 0) is 44.4 Å². The van der Waals surface area contributed by atoms with Crippen LogP contribution < -0.4 is 5.32 Å². The summed E-state index contributed by atoms with van der Waals surface area (Å²) in [4.78, 5) is 19.0. The van der Waals surface area contributed by atoms with Gasteiger partial charge in [0.15, 0.2) is 5.58 Å². The Kier molecular flexibility index (Phi) is 2.96. The van der Waals surface area contributed by atoms with Gasteiger partial charge in [0, 0.05) is 24.5 Å². The predicted octanol–water partition coefficient (Wildman–Crippen LogP) is 1.96. The summed E-state index contributed by atoms with van der Waals surface area (Å²) < 4.78 is 5.49. The quantitative estimate of drug-likeness (QED) is 0.916. The molecule has 3 unspecified atom stereocenters. The Hall–Kier alpha value is -1.88. The number of pyridine rings is 1. The van der Waals surface area contributed by atoms with Crippen LogP contribution in [0.4, 0.5) is 0 Å². The van der Waals surface area contributed by atoms with Gasteiger partial charge in [-0.2, -0.15) is 0 Å². The summed E-state index contributed by atoms with van der Waals surface area (Å²) >= 11 is 0. The highest BCUT2D eigenvalue weighted by Crippen LogP contribution is 2.27. The van der Waals surface area contributed by atoms with Crippen LogP contribution in [0.2, 0.25) is 0 Å². The van der Waals surface area contributed by atoms with Crippen molar-refractivity contribution >= 4 is 16.9 Å². The molecular weight excluding hydrogens is 266 g/mol. The van der Waals surface area contributed by atoms with Crippen molar-refractivity contribution < 1.29 is 9.21 Å². The van der Waals surface area contributed by atoms with E-state index in [1.807, 2.05) is 13.0 Å². The van der Waals surface area contributed by atoms with Gasteiger partial charge < -0.3 is 14.6 Å². The molecule has 0 saturated carbocycles. The molecule has 2 aromatic heterocycles. The van der Waals surface area contributed by atoms with E-state index in [1.165, 1.54) is 19.5 Å². The van der Waals surface area contributed by atoms with Crippen LogP contribution in [-0.2, 0) is 0 Å². The average Bonchev–Trinajstić information content (AvgIpc) is 2.99. The summed E-state index contributed by atoms with van der Waals surface area (Å²) in [5.74, 6) is 1.50. The van der Waals surface area contributed by atoms with Gasteiger partial charge in [-0.1, -0.05) is 0 Å². The maximum atomic E-state index is 12.4. The number of carbonyl (C=O) groups excluding carboxylic acids is 1. The zero-order chi connectivity index (χ0) is 14.4. The number of aryl methyl sites for hydroxylation is 1. The number of amides is 1. The highest BCUT2D eigenvalue weighted by molar-refractivity contribution is 5.95. The van der Waals surface area contributed by atoms with Crippen molar-refractivity contribution in [2.24, 2.45) is 5.92 Å². The van der Waals surface area contributed by atoms with Crippen molar-refractivity contribution in [2.75, 3.05) is 19.6 Å². The van der Waals surface area contributed by atoms with Crippen LogP contribution in [0.25, 0.3) is 11.0 Å². The fourth-order valence-corrected chi connectivity index (χ4v) is 3.63.